The predicted molar refractivity (Wildman–Crippen MR) is 124 cm³/mol. The summed E-state index contributed by atoms with van der Waals surface area (Å²) in [7, 11) is 0. The Bertz CT molecular complexity index is 1200. The van der Waals surface area contributed by atoms with E-state index in [4.69, 9.17) is 14.2 Å². The molecular weight excluding hydrogens is 434 g/mol. The zero-order valence-electron chi connectivity index (χ0n) is 19.2. The number of carbonyl (C=O) groups excluding carboxylic acids is 2. The van der Waals surface area contributed by atoms with Gasteiger partial charge in [-0.25, -0.2) is 4.79 Å². The minimum Gasteiger partial charge on any atom is -0.486 e. The van der Waals surface area contributed by atoms with Crippen LogP contribution in [0, 0.1) is 0 Å². The van der Waals surface area contributed by atoms with E-state index in [1.807, 2.05) is 22.9 Å². The molecule has 2 aliphatic heterocycles. The monoisotopic (exact) mass is 461 g/mol. The van der Waals surface area contributed by atoms with Gasteiger partial charge in [0.2, 0.25) is 0 Å². The van der Waals surface area contributed by atoms with Crippen LogP contribution < -0.4 is 9.47 Å². The molecule has 8 heteroatoms. The molecule has 0 atom stereocenters. The van der Waals surface area contributed by atoms with E-state index in [-0.39, 0.29) is 12.5 Å². The van der Waals surface area contributed by atoms with Gasteiger partial charge in [-0.05, 0) is 37.1 Å². The number of nitrogens with zero attached hydrogens (tertiary/aromatic N) is 3. The minimum absolute atomic E-state index is 0.116. The molecule has 2 aliphatic rings. The van der Waals surface area contributed by atoms with E-state index >= 15 is 0 Å². The van der Waals surface area contributed by atoms with Crippen molar-refractivity contribution < 1.29 is 23.8 Å². The molecule has 0 radical (unpaired) electrons. The van der Waals surface area contributed by atoms with Crippen molar-refractivity contribution in [2.45, 2.75) is 32.9 Å². The summed E-state index contributed by atoms with van der Waals surface area (Å²) >= 11 is 0. The number of hydrogen-bond donors (Lipinski definition) is 0. The molecule has 34 heavy (non-hydrogen) atoms. The standard InChI is InChI=1S/C26H27N3O5/c1-2-32-26(31)24-20-17-28(25(30)19-8-9-22-23(16-19)34-15-14-33-22)12-11-21(20)29(27-24)13-10-18-6-4-3-5-7-18/h3-9,16H,2,10-15,17H2,1H3. The Morgan fingerprint density at radius 2 is 1.85 bits per heavy atom. The van der Waals surface area contributed by atoms with Crippen LogP contribution in [-0.4, -0.2) is 52.9 Å². The smallest absolute Gasteiger partial charge is 0.359 e. The van der Waals surface area contributed by atoms with Crippen molar-refractivity contribution in [2.24, 2.45) is 0 Å². The summed E-state index contributed by atoms with van der Waals surface area (Å²) in [4.78, 5) is 27.7. The van der Waals surface area contributed by atoms with Crippen LogP contribution in [0.3, 0.4) is 0 Å². The summed E-state index contributed by atoms with van der Waals surface area (Å²) in [5.41, 5.74) is 3.79. The number of carbonyl (C=O) groups is 2. The second-order valence-corrected chi connectivity index (χ2v) is 8.29. The highest BCUT2D eigenvalue weighted by Gasteiger charge is 2.31. The molecule has 0 aliphatic carbocycles. The summed E-state index contributed by atoms with van der Waals surface area (Å²) in [6.45, 7) is 4.51. The number of hydrogen-bond acceptors (Lipinski definition) is 6. The van der Waals surface area contributed by atoms with Gasteiger partial charge in [-0.2, -0.15) is 5.10 Å². The first-order valence-electron chi connectivity index (χ1n) is 11.6. The molecular formula is C26H27N3O5. The Hall–Kier alpha value is -3.81. The Labute approximate surface area is 198 Å². The highest BCUT2D eigenvalue weighted by Crippen LogP contribution is 2.32. The lowest BCUT2D eigenvalue weighted by atomic mass is 10.0. The fraction of sp³-hybridized carbons (Fsp3) is 0.346. The van der Waals surface area contributed by atoms with Gasteiger partial charge < -0.3 is 19.1 Å². The summed E-state index contributed by atoms with van der Waals surface area (Å²) in [6.07, 6.45) is 1.42. The third kappa shape index (κ3) is 4.35. The van der Waals surface area contributed by atoms with Crippen molar-refractivity contribution in [1.82, 2.24) is 14.7 Å². The van der Waals surface area contributed by atoms with Crippen molar-refractivity contribution in [3.05, 3.63) is 76.6 Å². The van der Waals surface area contributed by atoms with Crippen molar-refractivity contribution in [1.29, 1.82) is 0 Å². The third-order valence-corrected chi connectivity index (χ3v) is 6.13. The first kappa shape index (κ1) is 22.0. The topological polar surface area (TPSA) is 82.9 Å². The maximum atomic E-state index is 13.3. The Morgan fingerprint density at radius 1 is 1.06 bits per heavy atom. The van der Waals surface area contributed by atoms with E-state index in [2.05, 4.69) is 17.2 Å². The largest absolute Gasteiger partial charge is 0.486 e. The normalized spacial score (nSPS) is 14.4. The molecule has 0 spiro atoms. The molecule has 5 rings (SSSR count). The minimum atomic E-state index is -0.453. The van der Waals surface area contributed by atoms with Gasteiger partial charge in [-0.3, -0.25) is 9.48 Å². The maximum Gasteiger partial charge on any atom is 0.359 e. The lowest BCUT2D eigenvalue weighted by Crippen LogP contribution is -2.37. The van der Waals surface area contributed by atoms with Gasteiger partial charge in [0.1, 0.15) is 13.2 Å². The number of esters is 1. The molecule has 2 aromatic carbocycles. The van der Waals surface area contributed by atoms with Crippen LogP contribution in [0.5, 0.6) is 11.5 Å². The Morgan fingerprint density at radius 3 is 2.65 bits per heavy atom. The summed E-state index contributed by atoms with van der Waals surface area (Å²) in [5, 5.41) is 4.62. The van der Waals surface area contributed by atoms with E-state index in [1.54, 1.807) is 30.0 Å². The molecule has 0 saturated carbocycles. The lowest BCUT2D eigenvalue weighted by Gasteiger charge is -2.28. The molecule has 1 amide bonds. The third-order valence-electron chi connectivity index (χ3n) is 6.13. The van der Waals surface area contributed by atoms with E-state index in [0.717, 1.165) is 17.7 Å². The van der Waals surface area contributed by atoms with Gasteiger partial charge in [-0.1, -0.05) is 30.3 Å². The highest BCUT2D eigenvalue weighted by molar-refractivity contribution is 5.95. The molecule has 3 heterocycles. The van der Waals surface area contributed by atoms with Gasteiger partial charge in [-0.15, -0.1) is 0 Å². The second-order valence-electron chi connectivity index (χ2n) is 8.29. The highest BCUT2D eigenvalue weighted by atomic mass is 16.6. The molecule has 0 saturated heterocycles. The first-order valence-corrected chi connectivity index (χ1v) is 11.6. The van der Waals surface area contributed by atoms with Crippen LogP contribution in [0.4, 0.5) is 0 Å². The number of rotatable bonds is 6. The summed E-state index contributed by atoms with van der Waals surface area (Å²) in [5.74, 6) is 0.657. The van der Waals surface area contributed by atoms with Gasteiger partial charge in [0.15, 0.2) is 17.2 Å². The van der Waals surface area contributed by atoms with Crippen LogP contribution in [-0.2, 0) is 30.7 Å². The molecule has 0 fully saturated rings. The number of ether oxygens (including phenoxy) is 3. The van der Waals surface area contributed by atoms with E-state index in [1.165, 1.54) is 5.56 Å². The van der Waals surface area contributed by atoms with Crippen LogP contribution >= 0.6 is 0 Å². The molecule has 1 aromatic heterocycles. The van der Waals surface area contributed by atoms with Crippen LogP contribution in [0.25, 0.3) is 0 Å². The number of aromatic nitrogens is 2. The van der Waals surface area contributed by atoms with Gasteiger partial charge in [0.05, 0.1) is 13.2 Å². The van der Waals surface area contributed by atoms with Crippen LogP contribution in [0.15, 0.2) is 48.5 Å². The molecule has 0 bridgehead atoms. The zero-order chi connectivity index (χ0) is 23.5. The summed E-state index contributed by atoms with van der Waals surface area (Å²) < 4.78 is 18.4. The molecule has 3 aromatic rings. The molecule has 0 N–H and O–H groups in total. The quantitative estimate of drug-likeness (QED) is 0.524. The van der Waals surface area contributed by atoms with Crippen LogP contribution in [0.1, 0.15) is 44.6 Å². The van der Waals surface area contributed by atoms with E-state index in [0.29, 0.717) is 62.0 Å². The van der Waals surface area contributed by atoms with Gasteiger partial charge in [0.25, 0.3) is 5.91 Å². The SMILES string of the molecule is CCOC(=O)c1nn(CCc2ccccc2)c2c1CN(C(=O)c1ccc3c(c1)OCCO3)CC2. The van der Waals surface area contributed by atoms with E-state index < -0.39 is 5.97 Å². The first-order chi connectivity index (χ1) is 16.6. The Balaban J connectivity index is 1.39. The molecule has 0 unspecified atom stereocenters. The van der Waals surface area contributed by atoms with Crippen LogP contribution in [0.2, 0.25) is 0 Å². The van der Waals surface area contributed by atoms with Crippen molar-refractivity contribution in [2.75, 3.05) is 26.4 Å². The summed E-state index contributed by atoms with van der Waals surface area (Å²) in [6, 6.07) is 15.4. The lowest BCUT2D eigenvalue weighted by molar-refractivity contribution is 0.0513. The number of fused-ring (bicyclic) bond motifs is 2. The number of benzene rings is 2. The number of amides is 1. The van der Waals surface area contributed by atoms with Gasteiger partial charge >= 0.3 is 5.97 Å². The fourth-order valence-electron chi connectivity index (χ4n) is 4.45. The van der Waals surface area contributed by atoms with Crippen molar-refractivity contribution in [3.8, 4) is 11.5 Å². The van der Waals surface area contributed by atoms with Crippen molar-refractivity contribution >= 4 is 11.9 Å². The fourth-order valence-corrected chi connectivity index (χ4v) is 4.45. The number of aryl methyl sites for hydroxylation is 2. The predicted octanol–water partition coefficient (Wildman–Crippen LogP) is 3.27. The average Bonchev–Trinajstić information content (AvgIpc) is 3.25. The van der Waals surface area contributed by atoms with E-state index in [9.17, 15) is 9.59 Å². The average molecular weight is 462 g/mol. The Kier molecular flexibility index (Phi) is 6.20. The maximum absolute atomic E-state index is 13.3. The second kappa shape index (κ2) is 9.59. The zero-order valence-corrected chi connectivity index (χ0v) is 19.2. The molecule has 8 nitrogen and oxygen atoms in total. The van der Waals surface area contributed by atoms with Crippen molar-refractivity contribution in [3.63, 3.8) is 0 Å². The molecule has 176 valence electrons. The van der Waals surface area contributed by atoms with Gasteiger partial charge in [0, 0.05) is 36.3 Å².